The van der Waals surface area contributed by atoms with Crippen molar-refractivity contribution in [3.63, 3.8) is 0 Å². The van der Waals surface area contributed by atoms with E-state index < -0.39 is 10.0 Å². The van der Waals surface area contributed by atoms with E-state index in [-0.39, 0.29) is 23.8 Å². The Labute approximate surface area is 176 Å². The summed E-state index contributed by atoms with van der Waals surface area (Å²) in [6.45, 7) is 0.125. The topological polar surface area (TPSA) is 79.4 Å². The Balaban J connectivity index is 1.65. The molecule has 10 heteroatoms. The van der Waals surface area contributed by atoms with Gasteiger partial charge >= 0.3 is 0 Å². The second-order valence-electron chi connectivity index (χ2n) is 6.10. The minimum absolute atomic E-state index is 0.123. The third-order valence-electron chi connectivity index (χ3n) is 3.88. The number of amides is 1. The highest BCUT2D eigenvalue weighted by Gasteiger charge is 2.21. The molecule has 0 aliphatic rings. The minimum Gasteiger partial charge on any atom is -0.352 e. The van der Waals surface area contributed by atoms with Crippen molar-refractivity contribution in [1.82, 2.24) is 14.6 Å². The molecule has 3 rings (SSSR count). The summed E-state index contributed by atoms with van der Waals surface area (Å²) in [6, 6.07) is 10.4. The van der Waals surface area contributed by atoms with Crippen molar-refractivity contribution in [3.8, 4) is 9.88 Å². The molecular formula is C18H18ClN3O3S3. The normalized spacial score (nSPS) is 11.7. The fourth-order valence-electron chi connectivity index (χ4n) is 2.45. The van der Waals surface area contributed by atoms with E-state index in [2.05, 4.69) is 10.3 Å². The Bertz CT molecular complexity index is 1090. The van der Waals surface area contributed by atoms with Gasteiger partial charge in [-0.15, -0.1) is 22.7 Å². The van der Waals surface area contributed by atoms with Crippen LogP contribution in [-0.2, 0) is 27.8 Å². The zero-order valence-corrected chi connectivity index (χ0v) is 18.4. The van der Waals surface area contributed by atoms with Gasteiger partial charge in [0.2, 0.25) is 15.9 Å². The van der Waals surface area contributed by atoms with E-state index in [0.29, 0.717) is 15.6 Å². The first-order valence-electron chi connectivity index (χ1n) is 8.24. The summed E-state index contributed by atoms with van der Waals surface area (Å²) in [5.41, 5.74) is 1.20. The lowest BCUT2D eigenvalue weighted by Gasteiger charge is -2.15. The summed E-state index contributed by atoms with van der Waals surface area (Å²) < 4.78 is 26.7. The molecule has 0 saturated carbocycles. The fourth-order valence-corrected chi connectivity index (χ4v) is 5.50. The van der Waals surface area contributed by atoms with Gasteiger partial charge in [-0.3, -0.25) is 4.79 Å². The van der Waals surface area contributed by atoms with E-state index in [1.165, 1.54) is 42.8 Å². The molecule has 1 N–H and O–H groups in total. The van der Waals surface area contributed by atoms with Gasteiger partial charge in [0, 0.05) is 26.0 Å². The second kappa shape index (κ2) is 8.71. The summed E-state index contributed by atoms with van der Waals surface area (Å²) in [5, 5.41) is 5.44. The van der Waals surface area contributed by atoms with Crippen LogP contribution in [0.4, 0.5) is 0 Å². The molecule has 0 radical (unpaired) electrons. The number of thiazole rings is 1. The monoisotopic (exact) mass is 455 g/mol. The van der Waals surface area contributed by atoms with Crippen molar-refractivity contribution in [2.45, 2.75) is 17.9 Å². The summed E-state index contributed by atoms with van der Waals surface area (Å²) in [6.07, 6.45) is 0.123. The number of hydrogen-bond acceptors (Lipinski definition) is 6. The Morgan fingerprint density at radius 3 is 2.64 bits per heavy atom. The number of thiophene rings is 1. The van der Waals surface area contributed by atoms with E-state index in [1.54, 1.807) is 18.2 Å². The van der Waals surface area contributed by atoms with Crippen molar-refractivity contribution in [1.29, 1.82) is 0 Å². The van der Waals surface area contributed by atoms with Crippen LogP contribution >= 0.6 is 34.3 Å². The van der Waals surface area contributed by atoms with Crippen molar-refractivity contribution >= 4 is 50.2 Å². The molecule has 1 aromatic carbocycles. The van der Waals surface area contributed by atoms with Crippen LogP contribution < -0.4 is 5.32 Å². The number of nitrogens with zero attached hydrogens (tertiary/aromatic N) is 2. The predicted molar refractivity (Wildman–Crippen MR) is 113 cm³/mol. The number of nitrogens with one attached hydrogen (secondary N) is 1. The molecule has 2 heterocycles. The number of rotatable bonds is 7. The van der Waals surface area contributed by atoms with Gasteiger partial charge in [0.25, 0.3) is 0 Å². The van der Waals surface area contributed by atoms with Crippen LogP contribution in [0.3, 0.4) is 0 Å². The zero-order chi connectivity index (χ0) is 20.3. The maximum absolute atomic E-state index is 12.4. The van der Waals surface area contributed by atoms with E-state index in [9.17, 15) is 13.2 Å². The second-order valence-corrected chi connectivity index (χ2v) is 10.8. The highest BCUT2D eigenvalue weighted by molar-refractivity contribution is 7.89. The predicted octanol–water partition coefficient (Wildman–Crippen LogP) is 3.63. The lowest BCUT2D eigenvalue weighted by molar-refractivity contribution is -0.120. The maximum atomic E-state index is 12.4. The molecule has 0 aliphatic carbocycles. The first-order valence-corrected chi connectivity index (χ1v) is 11.8. The van der Waals surface area contributed by atoms with Crippen LogP contribution in [0.25, 0.3) is 9.88 Å². The van der Waals surface area contributed by atoms with E-state index in [0.717, 1.165) is 14.2 Å². The number of aromatic nitrogens is 1. The van der Waals surface area contributed by atoms with Crippen molar-refractivity contribution in [3.05, 3.63) is 57.4 Å². The van der Waals surface area contributed by atoms with Gasteiger partial charge < -0.3 is 5.32 Å². The Morgan fingerprint density at radius 1 is 1.21 bits per heavy atom. The quantitative estimate of drug-likeness (QED) is 0.590. The smallest absolute Gasteiger partial charge is 0.242 e. The zero-order valence-electron chi connectivity index (χ0n) is 15.2. The summed E-state index contributed by atoms with van der Waals surface area (Å²) in [7, 11) is -0.623. The number of carbonyl (C=O) groups excluding carboxylic acids is 1. The van der Waals surface area contributed by atoms with Crippen molar-refractivity contribution < 1.29 is 13.2 Å². The minimum atomic E-state index is -3.58. The molecule has 3 aromatic rings. The number of hydrogen-bond donors (Lipinski definition) is 1. The summed E-state index contributed by atoms with van der Waals surface area (Å²) in [4.78, 5) is 17.9. The first kappa shape index (κ1) is 20.9. The highest BCUT2D eigenvalue weighted by atomic mass is 35.5. The molecule has 0 aliphatic heterocycles. The van der Waals surface area contributed by atoms with Crippen LogP contribution in [0, 0.1) is 0 Å². The number of carbonyl (C=O) groups is 1. The van der Waals surface area contributed by atoms with Crippen LogP contribution in [-0.4, -0.2) is 37.7 Å². The third kappa shape index (κ3) is 4.79. The van der Waals surface area contributed by atoms with Gasteiger partial charge in [-0.1, -0.05) is 29.8 Å². The van der Waals surface area contributed by atoms with Gasteiger partial charge in [0.15, 0.2) is 0 Å². The summed E-state index contributed by atoms with van der Waals surface area (Å²) >= 11 is 8.85. The molecule has 148 valence electrons. The number of sulfonamides is 1. The van der Waals surface area contributed by atoms with Crippen LogP contribution in [0.1, 0.15) is 11.3 Å². The SMILES string of the molecule is CN(C)S(=O)(=O)c1ccccc1CNC(=O)Cc1csc(-c2ccc(Cl)s2)n1. The molecule has 1 amide bonds. The third-order valence-corrected chi connectivity index (χ3v) is 8.09. The Kier molecular flexibility index (Phi) is 6.51. The average Bonchev–Trinajstić information content (AvgIpc) is 3.29. The van der Waals surface area contributed by atoms with Crippen LogP contribution in [0.15, 0.2) is 46.7 Å². The van der Waals surface area contributed by atoms with Crippen LogP contribution in [0.2, 0.25) is 4.34 Å². The standard InChI is InChI=1S/C18H18ClN3O3S3/c1-22(2)28(24,25)15-6-4-3-5-12(15)10-20-17(23)9-13-11-26-18(21-13)14-7-8-16(19)27-14/h3-8,11H,9-10H2,1-2H3,(H,20,23). The largest absolute Gasteiger partial charge is 0.352 e. The molecule has 0 atom stereocenters. The maximum Gasteiger partial charge on any atom is 0.242 e. The fraction of sp³-hybridized carbons (Fsp3) is 0.222. The first-order chi connectivity index (χ1) is 13.3. The number of benzene rings is 1. The molecule has 0 bridgehead atoms. The van der Waals surface area contributed by atoms with Gasteiger partial charge in [0.1, 0.15) is 5.01 Å². The molecule has 6 nitrogen and oxygen atoms in total. The highest BCUT2D eigenvalue weighted by Crippen LogP contribution is 2.33. The van der Waals surface area contributed by atoms with Gasteiger partial charge in [-0.05, 0) is 23.8 Å². The molecule has 2 aromatic heterocycles. The molecule has 28 heavy (non-hydrogen) atoms. The van der Waals surface area contributed by atoms with Gasteiger partial charge in [-0.25, -0.2) is 17.7 Å². The molecule has 0 spiro atoms. The van der Waals surface area contributed by atoms with Crippen molar-refractivity contribution in [2.24, 2.45) is 0 Å². The van der Waals surface area contributed by atoms with E-state index in [1.807, 2.05) is 17.5 Å². The number of halogens is 1. The van der Waals surface area contributed by atoms with Crippen LogP contribution in [0.5, 0.6) is 0 Å². The van der Waals surface area contributed by atoms with E-state index in [4.69, 9.17) is 11.6 Å². The summed E-state index contributed by atoms with van der Waals surface area (Å²) in [5.74, 6) is -0.224. The average molecular weight is 456 g/mol. The molecule has 0 fully saturated rings. The Morgan fingerprint density at radius 2 is 1.96 bits per heavy atom. The molecule has 0 unspecified atom stereocenters. The van der Waals surface area contributed by atoms with Gasteiger partial charge in [0.05, 0.1) is 26.2 Å². The lowest BCUT2D eigenvalue weighted by Crippen LogP contribution is -2.28. The lowest BCUT2D eigenvalue weighted by atomic mass is 10.2. The van der Waals surface area contributed by atoms with E-state index >= 15 is 0 Å². The molecular weight excluding hydrogens is 438 g/mol. The molecule has 0 saturated heterocycles. The Hall–Kier alpha value is -1.78. The van der Waals surface area contributed by atoms with Crippen molar-refractivity contribution in [2.75, 3.05) is 14.1 Å². The van der Waals surface area contributed by atoms with Gasteiger partial charge in [-0.2, -0.15) is 0 Å².